The molecule has 2 atom stereocenters. The molecule has 1 aromatic carbocycles. The molecule has 1 aromatic rings. The van der Waals surface area contributed by atoms with Gasteiger partial charge in [-0.3, -0.25) is 4.21 Å². The standard InChI is InChI=1S/C11H12F3NO2S/c12-11(13,14)7-1-2-10(9(15)5-7)18(16)8-3-4-17-6-8/h1-2,5,8H,3-4,6,15H2. The van der Waals surface area contributed by atoms with E-state index in [1.54, 1.807) is 0 Å². The first-order valence-electron chi connectivity index (χ1n) is 5.34. The molecule has 1 heterocycles. The lowest BCUT2D eigenvalue weighted by Gasteiger charge is -2.13. The first kappa shape index (κ1) is 13.4. The van der Waals surface area contributed by atoms with Crippen molar-refractivity contribution in [2.75, 3.05) is 18.9 Å². The summed E-state index contributed by atoms with van der Waals surface area (Å²) in [6.45, 7) is 0.879. The monoisotopic (exact) mass is 279 g/mol. The van der Waals surface area contributed by atoms with Crippen molar-refractivity contribution in [1.82, 2.24) is 0 Å². The van der Waals surface area contributed by atoms with Crippen LogP contribution in [0, 0.1) is 0 Å². The Labute approximate surface area is 105 Å². The van der Waals surface area contributed by atoms with E-state index in [0.29, 0.717) is 19.6 Å². The van der Waals surface area contributed by atoms with Gasteiger partial charge in [0.25, 0.3) is 0 Å². The molecule has 7 heteroatoms. The summed E-state index contributed by atoms with van der Waals surface area (Å²) in [7, 11) is -1.42. The van der Waals surface area contributed by atoms with Gasteiger partial charge in [0.1, 0.15) is 0 Å². The van der Waals surface area contributed by atoms with E-state index in [4.69, 9.17) is 10.5 Å². The van der Waals surface area contributed by atoms with Gasteiger partial charge in [0, 0.05) is 12.3 Å². The van der Waals surface area contributed by atoms with Crippen molar-refractivity contribution in [3.63, 3.8) is 0 Å². The van der Waals surface area contributed by atoms with Gasteiger partial charge >= 0.3 is 6.18 Å². The molecule has 2 N–H and O–H groups in total. The molecule has 2 unspecified atom stereocenters. The van der Waals surface area contributed by atoms with Gasteiger partial charge in [0.05, 0.1) is 33.1 Å². The maximum absolute atomic E-state index is 12.5. The van der Waals surface area contributed by atoms with Crippen molar-refractivity contribution in [3.8, 4) is 0 Å². The van der Waals surface area contributed by atoms with Crippen molar-refractivity contribution < 1.29 is 22.1 Å². The molecular formula is C11H12F3NO2S. The number of hydrogen-bond donors (Lipinski definition) is 1. The van der Waals surface area contributed by atoms with Crippen molar-refractivity contribution in [1.29, 1.82) is 0 Å². The van der Waals surface area contributed by atoms with E-state index in [0.717, 1.165) is 12.1 Å². The summed E-state index contributed by atoms with van der Waals surface area (Å²) < 4.78 is 54.6. The van der Waals surface area contributed by atoms with E-state index in [2.05, 4.69) is 0 Å². The lowest BCUT2D eigenvalue weighted by atomic mass is 10.2. The Balaban J connectivity index is 2.27. The van der Waals surface area contributed by atoms with Crippen LogP contribution in [0.2, 0.25) is 0 Å². The third-order valence-electron chi connectivity index (χ3n) is 2.74. The summed E-state index contributed by atoms with van der Waals surface area (Å²) in [5.41, 5.74) is 4.63. The quantitative estimate of drug-likeness (QED) is 0.844. The minimum Gasteiger partial charge on any atom is -0.398 e. The highest BCUT2D eigenvalue weighted by molar-refractivity contribution is 7.85. The molecule has 0 spiro atoms. The summed E-state index contributed by atoms with van der Waals surface area (Å²) in [5, 5.41) is -0.191. The minimum atomic E-state index is -4.44. The lowest BCUT2D eigenvalue weighted by Crippen LogP contribution is -2.16. The smallest absolute Gasteiger partial charge is 0.398 e. The highest BCUT2D eigenvalue weighted by Gasteiger charge is 2.32. The van der Waals surface area contributed by atoms with Crippen LogP contribution in [0.4, 0.5) is 18.9 Å². The third-order valence-corrected chi connectivity index (χ3v) is 4.53. The van der Waals surface area contributed by atoms with Gasteiger partial charge < -0.3 is 10.5 Å². The molecule has 1 fully saturated rings. The molecule has 100 valence electrons. The van der Waals surface area contributed by atoms with Crippen molar-refractivity contribution >= 4 is 16.5 Å². The molecule has 3 nitrogen and oxygen atoms in total. The molecule has 0 aliphatic carbocycles. The number of rotatable bonds is 2. The number of ether oxygens (including phenoxy) is 1. The fourth-order valence-electron chi connectivity index (χ4n) is 1.77. The molecule has 0 radical (unpaired) electrons. The topological polar surface area (TPSA) is 52.3 Å². The van der Waals surface area contributed by atoms with Crippen LogP contribution in [-0.2, 0) is 21.7 Å². The molecule has 2 rings (SSSR count). The number of halogens is 3. The van der Waals surface area contributed by atoms with Crippen LogP contribution < -0.4 is 5.73 Å². The van der Waals surface area contributed by atoms with Crippen molar-refractivity contribution in [2.45, 2.75) is 22.7 Å². The second kappa shape index (κ2) is 4.89. The summed E-state index contributed by atoms with van der Waals surface area (Å²) in [5.74, 6) is 0. The lowest BCUT2D eigenvalue weighted by molar-refractivity contribution is -0.137. The second-order valence-electron chi connectivity index (χ2n) is 4.03. The molecule has 0 aromatic heterocycles. The molecular weight excluding hydrogens is 267 g/mol. The Hall–Kier alpha value is -1.08. The maximum atomic E-state index is 12.5. The SMILES string of the molecule is Nc1cc(C(F)(F)F)ccc1S(=O)C1CCOC1. The number of nitrogens with two attached hydrogens (primary N) is 1. The van der Waals surface area contributed by atoms with Gasteiger partial charge in [-0.15, -0.1) is 0 Å². The Morgan fingerprint density at radius 2 is 2.11 bits per heavy atom. The largest absolute Gasteiger partial charge is 0.416 e. The summed E-state index contributed by atoms with van der Waals surface area (Å²) >= 11 is 0. The fourth-order valence-corrected chi connectivity index (χ4v) is 3.15. The van der Waals surface area contributed by atoms with E-state index in [1.165, 1.54) is 6.07 Å². The average Bonchev–Trinajstić information content (AvgIpc) is 2.80. The van der Waals surface area contributed by atoms with Crippen LogP contribution in [0.15, 0.2) is 23.1 Å². The van der Waals surface area contributed by atoms with E-state index in [-0.39, 0.29) is 15.8 Å². The number of nitrogen functional groups attached to an aromatic ring is 1. The summed E-state index contributed by atoms with van der Waals surface area (Å²) in [6.07, 6.45) is -3.81. The number of hydrogen-bond acceptors (Lipinski definition) is 3. The Morgan fingerprint density at radius 3 is 2.61 bits per heavy atom. The van der Waals surface area contributed by atoms with E-state index < -0.39 is 22.5 Å². The van der Waals surface area contributed by atoms with Gasteiger partial charge in [-0.1, -0.05) is 0 Å². The van der Waals surface area contributed by atoms with Gasteiger partial charge in [-0.25, -0.2) is 0 Å². The van der Waals surface area contributed by atoms with Crippen LogP contribution in [0.1, 0.15) is 12.0 Å². The zero-order valence-electron chi connectivity index (χ0n) is 9.37. The van der Waals surface area contributed by atoms with Crippen LogP contribution in [0.3, 0.4) is 0 Å². The first-order valence-corrected chi connectivity index (χ1v) is 6.56. The predicted octanol–water partition coefficient (Wildman–Crippen LogP) is 2.18. The van der Waals surface area contributed by atoms with E-state index in [9.17, 15) is 17.4 Å². The van der Waals surface area contributed by atoms with Gasteiger partial charge in [0.15, 0.2) is 0 Å². The fraction of sp³-hybridized carbons (Fsp3) is 0.455. The highest BCUT2D eigenvalue weighted by atomic mass is 32.2. The van der Waals surface area contributed by atoms with Gasteiger partial charge in [0.2, 0.25) is 0 Å². The van der Waals surface area contributed by atoms with Crippen molar-refractivity contribution in [2.24, 2.45) is 0 Å². The van der Waals surface area contributed by atoms with E-state index in [1.807, 2.05) is 0 Å². The second-order valence-corrected chi connectivity index (χ2v) is 5.73. The molecule has 0 bridgehead atoms. The number of benzene rings is 1. The van der Waals surface area contributed by atoms with Crippen LogP contribution >= 0.6 is 0 Å². The Bertz CT molecular complexity index is 470. The third kappa shape index (κ3) is 2.67. The zero-order valence-corrected chi connectivity index (χ0v) is 10.2. The summed E-state index contributed by atoms with van der Waals surface area (Å²) in [6, 6.07) is 2.91. The van der Waals surface area contributed by atoms with E-state index >= 15 is 0 Å². The van der Waals surface area contributed by atoms with Crippen molar-refractivity contribution in [3.05, 3.63) is 23.8 Å². The number of anilines is 1. The molecule has 1 saturated heterocycles. The Morgan fingerprint density at radius 1 is 1.39 bits per heavy atom. The minimum absolute atomic E-state index is 0.0879. The molecule has 0 amide bonds. The Kier molecular flexibility index (Phi) is 3.63. The number of alkyl halides is 3. The molecule has 1 aliphatic rings. The zero-order chi connectivity index (χ0) is 13.3. The molecule has 18 heavy (non-hydrogen) atoms. The molecule has 1 aliphatic heterocycles. The van der Waals surface area contributed by atoms with Crippen LogP contribution in [0.25, 0.3) is 0 Å². The molecule has 0 saturated carbocycles. The average molecular weight is 279 g/mol. The normalized spacial score (nSPS) is 22.1. The summed E-state index contributed by atoms with van der Waals surface area (Å²) in [4.78, 5) is 0.249. The first-order chi connectivity index (χ1) is 8.39. The predicted molar refractivity (Wildman–Crippen MR) is 61.5 cm³/mol. The van der Waals surface area contributed by atoms with Gasteiger partial charge in [-0.2, -0.15) is 13.2 Å². The maximum Gasteiger partial charge on any atom is 0.416 e. The highest BCUT2D eigenvalue weighted by Crippen LogP contribution is 2.33. The van der Waals surface area contributed by atoms with Gasteiger partial charge in [-0.05, 0) is 24.6 Å². The van der Waals surface area contributed by atoms with Crippen LogP contribution in [0.5, 0.6) is 0 Å². The van der Waals surface area contributed by atoms with Crippen LogP contribution in [-0.4, -0.2) is 22.7 Å².